The minimum atomic E-state index is -0.264. The quantitative estimate of drug-likeness (QED) is 0.705. The molecule has 1 aromatic carbocycles. The molecule has 136 valence electrons. The summed E-state index contributed by atoms with van der Waals surface area (Å²) in [6, 6.07) is 5.98. The van der Waals surface area contributed by atoms with Crippen molar-refractivity contribution in [1.29, 1.82) is 0 Å². The van der Waals surface area contributed by atoms with Gasteiger partial charge in [-0.3, -0.25) is 4.79 Å². The first-order valence-electron chi connectivity index (χ1n) is 9.10. The number of carbonyl (C=O) groups is 1. The van der Waals surface area contributed by atoms with Gasteiger partial charge in [0.05, 0.1) is 5.92 Å². The third kappa shape index (κ3) is 3.44. The van der Waals surface area contributed by atoms with Gasteiger partial charge >= 0.3 is 0 Å². The van der Waals surface area contributed by atoms with Crippen LogP contribution in [0.5, 0.6) is 0 Å². The fraction of sp³-hybridized carbons (Fsp3) is 0.500. The Hall–Kier alpha value is -2.77. The standard InChI is InChI=1S/C18H22N6O2/c1-12-7-8-14-15(11-12)26-16(20-14)6-4-9-19-18(25)13-5-2-3-10-24-17(13)21-22-23-24/h7-8,11,13H,2-6,9-10H2,1H3,(H,19,25). The zero-order valence-electron chi connectivity index (χ0n) is 14.8. The van der Waals surface area contributed by atoms with E-state index in [9.17, 15) is 4.79 Å². The highest BCUT2D eigenvalue weighted by Crippen LogP contribution is 2.24. The molecular weight excluding hydrogens is 332 g/mol. The maximum atomic E-state index is 12.5. The Balaban J connectivity index is 1.31. The lowest BCUT2D eigenvalue weighted by molar-refractivity contribution is -0.122. The molecule has 3 heterocycles. The van der Waals surface area contributed by atoms with Crippen molar-refractivity contribution in [2.24, 2.45) is 0 Å². The summed E-state index contributed by atoms with van der Waals surface area (Å²) >= 11 is 0. The smallest absolute Gasteiger partial charge is 0.230 e. The number of amides is 1. The molecule has 0 spiro atoms. The predicted octanol–water partition coefficient (Wildman–Crippen LogP) is 2.14. The number of hydrogen-bond donors (Lipinski definition) is 1. The number of benzene rings is 1. The first-order chi connectivity index (χ1) is 12.7. The molecule has 1 unspecified atom stereocenters. The monoisotopic (exact) mass is 354 g/mol. The molecule has 0 saturated heterocycles. The van der Waals surface area contributed by atoms with E-state index in [4.69, 9.17) is 4.42 Å². The van der Waals surface area contributed by atoms with E-state index in [0.717, 1.165) is 48.9 Å². The van der Waals surface area contributed by atoms with Gasteiger partial charge in [-0.25, -0.2) is 9.67 Å². The van der Waals surface area contributed by atoms with Gasteiger partial charge in [-0.2, -0.15) is 0 Å². The number of tetrazole rings is 1. The zero-order valence-corrected chi connectivity index (χ0v) is 14.8. The molecule has 1 aliphatic heterocycles. The van der Waals surface area contributed by atoms with Crippen molar-refractivity contribution in [1.82, 2.24) is 30.5 Å². The Labute approximate surface area is 151 Å². The number of rotatable bonds is 5. The van der Waals surface area contributed by atoms with Crippen LogP contribution in [0.4, 0.5) is 0 Å². The van der Waals surface area contributed by atoms with Crippen molar-refractivity contribution in [3.05, 3.63) is 35.5 Å². The summed E-state index contributed by atoms with van der Waals surface area (Å²) in [5, 5.41) is 14.7. The number of fused-ring (bicyclic) bond motifs is 2. The Bertz CT molecular complexity index is 915. The molecular formula is C18H22N6O2. The lowest BCUT2D eigenvalue weighted by atomic mass is 10.0. The van der Waals surface area contributed by atoms with Crippen LogP contribution in [-0.4, -0.2) is 37.6 Å². The Morgan fingerprint density at radius 2 is 2.31 bits per heavy atom. The summed E-state index contributed by atoms with van der Waals surface area (Å²) in [6.45, 7) is 3.39. The van der Waals surface area contributed by atoms with Crippen molar-refractivity contribution in [3.8, 4) is 0 Å². The number of aryl methyl sites for hydroxylation is 3. The molecule has 1 N–H and O–H groups in total. The molecule has 0 saturated carbocycles. The van der Waals surface area contributed by atoms with Gasteiger partial charge in [0.2, 0.25) is 5.91 Å². The molecule has 0 fully saturated rings. The van der Waals surface area contributed by atoms with Gasteiger partial charge in [-0.15, -0.1) is 5.10 Å². The molecule has 3 aromatic rings. The number of hydrogen-bond acceptors (Lipinski definition) is 6. The Morgan fingerprint density at radius 3 is 3.23 bits per heavy atom. The summed E-state index contributed by atoms with van der Waals surface area (Å²) in [4.78, 5) is 17.0. The van der Waals surface area contributed by atoms with E-state index in [0.29, 0.717) is 24.7 Å². The molecule has 0 aliphatic carbocycles. The van der Waals surface area contributed by atoms with Gasteiger partial charge in [-0.1, -0.05) is 12.5 Å². The van der Waals surface area contributed by atoms with Crippen LogP contribution in [0.15, 0.2) is 22.6 Å². The third-order valence-electron chi connectivity index (χ3n) is 4.76. The van der Waals surface area contributed by atoms with Crippen molar-refractivity contribution in [2.45, 2.75) is 51.5 Å². The first kappa shape index (κ1) is 16.7. The van der Waals surface area contributed by atoms with E-state index < -0.39 is 0 Å². The molecule has 0 radical (unpaired) electrons. The summed E-state index contributed by atoms with van der Waals surface area (Å²) in [5.74, 6) is 1.11. The van der Waals surface area contributed by atoms with Crippen LogP contribution in [0.3, 0.4) is 0 Å². The van der Waals surface area contributed by atoms with Crippen LogP contribution < -0.4 is 5.32 Å². The molecule has 26 heavy (non-hydrogen) atoms. The predicted molar refractivity (Wildman–Crippen MR) is 94.5 cm³/mol. The van der Waals surface area contributed by atoms with E-state index in [1.165, 1.54) is 0 Å². The second-order valence-electron chi connectivity index (χ2n) is 6.78. The molecule has 8 nitrogen and oxygen atoms in total. The van der Waals surface area contributed by atoms with Crippen molar-refractivity contribution in [3.63, 3.8) is 0 Å². The van der Waals surface area contributed by atoms with Gasteiger partial charge in [0.25, 0.3) is 0 Å². The van der Waals surface area contributed by atoms with Crippen LogP contribution in [0.25, 0.3) is 11.1 Å². The molecule has 1 atom stereocenters. The molecule has 0 bridgehead atoms. The third-order valence-corrected chi connectivity index (χ3v) is 4.76. The molecule has 1 aliphatic rings. The fourth-order valence-electron chi connectivity index (χ4n) is 3.37. The lowest BCUT2D eigenvalue weighted by Crippen LogP contribution is -2.31. The van der Waals surface area contributed by atoms with E-state index in [1.807, 2.05) is 25.1 Å². The Kier molecular flexibility index (Phi) is 4.64. The summed E-state index contributed by atoms with van der Waals surface area (Å²) in [5.41, 5.74) is 2.84. The highest BCUT2D eigenvalue weighted by Gasteiger charge is 2.28. The maximum Gasteiger partial charge on any atom is 0.230 e. The minimum absolute atomic E-state index is 0.00357. The number of aromatic nitrogens is 5. The average molecular weight is 354 g/mol. The van der Waals surface area contributed by atoms with Gasteiger partial charge in [0, 0.05) is 19.5 Å². The van der Waals surface area contributed by atoms with Crippen molar-refractivity contribution in [2.75, 3.05) is 6.54 Å². The van der Waals surface area contributed by atoms with Crippen LogP contribution in [0.1, 0.15) is 48.9 Å². The second kappa shape index (κ2) is 7.23. The second-order valence-corrected chi connectivity index (χ2v) is 6.78. The summed E-state index contributed by atoms with van der Waals surface area (Å²) in [7, 11) is 0. The highest BCUT2D eigenvalue weighted by molar-refractivity contribution is 5.82. The van der Waals surface area contributed by atoms with Gasteiger partial charge in [0.15, 0.2) is 17.3 Å². The minimum Gasteiger partial charge on any atom is -0.441 e. The van der Waals surface area contributed by atoms with Crippen LogP contribution >= 0.6 is 0 Å². The fourth-order valence-corrected chi connectivity index (χ4v) is 3.37. The SMILES string of the molecule is Cc1ccc2nc(CCCNC(=O)C3CCCCn4nnnc43)oc2c1. The number of carbonyl (C=O) groups excluding carboxylic acids is 1. The molecule has 2 aromatic heterocycles. The number of nitrogens with one attached hydrogen (secondary N) is 1. The van der Waals surface area contributed by atoms with E-state index in [1.54, 1.807) is 4.68 Å². The van der Waals surface area contributed by atoms with Crippen molar-refractivity contribution < 1.29 is 9.21 Å². The first-order valence-corrected chi connectivity index (χ1v) is 9.10. The Morgan fingerprint density at radius 1 is 1.38 bits per heavy atom. The largest absolute Gasteiger partial charge is 0.441 e. The van der Waals surface area contributed by atoms with E-state index >= 15 is 0 Å². The topological polar surface area (TPSA) is 98.7 Å². The number of oxazole rings is 1. The summed E-state index contributed by atoms with van der Waals surface area (Å²) in [6.07, 6.45) is 4.24. The molecule has 4 rings (SSSR count). The normalized spacial score (nSPS) is 17.0. The maximum absolute atomic E-state index is 12.5. The summed E-state index contributed by atoms with van der Waals surface area (Å²) < 4.78 is 7.52. The lowest BCUT2D eigenvalue weighted by Gasteiger charge is -2.13. The van der Waals surface area contributed by atoms with Crippen LogP contribution in [-0.2, 0) is 17.8 Å². The van der Waals surface area contributed by atoms with Crippen LogP contribution in [0.2, 0.25) is 0 Å². The average Bonchev–Trinajstić information content (AvgIpc) is 3.20. The zero-order chi connectivity index (χ0) is 17.9. The van der Waals surface area contributed by atoms with Gasteiger partial charge in [-0.05, 0) is 54.3 Å². The molecule has 1 amide bonds. The van der Waals surface area contributed by atoms with E-state index in [2.05, 4.69) is 25.8 Å². The molecule has 8 heteroatoms. The van der Waals surface area contributed by atoms with Crippen molar-refractivity contribution >= 4 is 17.0 Å². The van der Waals surface area contributed by atoms with E-state index in [-0.39, 0.29) is 11.8 Å². The highest BCUT2D eigenvalue weighted by atomic mass is 16.3. The number of nitrogens with zero attached hydrogens (tertiary/aromatic N) is 5. The van der Waals surface area contributed by atoms with Crippen LogP contribution in [0, 0.1) is 6.92 Å². The van der Waals surface area contributed by atoms with Gasteiger partial charge in [0.1, 0.15) is 5.52 Å². The van der Waals surface area contributed by atoms with Gasteiger partial charge < -0.3 is 9.73 Å².